The van der Waals surface area contributed by atoms with Crippen LogP contribution in [0.5, 0.6) is 0 Å². The molecule has 0 amide bonds. The molecule has 0 aliphatic heterocycles. The predicted molar refractivity (Wildman–Crippen MR) is 63.5 cm³/mol. The van der Waals surface area contributed by atoms with Gasteiger partial charge in [-0.15, -0.1) is 0 Å². The Morgan fingerprint density at radius 2 is 1.42 bits per heavy atom. The van der Waals surface area contributed by atoms with Crippen molar-refractivity contribution >= 4 is 29.8 Å². The first-order valence-corrected chi connectivity index (χ1v) is 8.58. The summed E-state index contributed by atoms with van der Waals surface area (Å²) in [6.07, 6.45) is 9.83. The highest BCUT2D eigenvalue weighted by atomic mass is 36.0. The zero-order chi connectivity index (χ0) is 9.45. The average Bonchev–Trinajstić information content (AvgIpc) is 1.94. The summed E-state index contributed by atoms with van der Waals surface area (Å²) in [7, 11) is 10.6. The first-order valence-electron chi connectivity index (χ1n) is 4.71. The van der Waals surface area contributed by atoms with E-state index in [2.05, 4.69) is 6.92 Å². The molecular weight excluding hydrogens is 211 g/mol. The Kier molecular flexibility index (Phi) is 7.91. The van der Waals surface area contributed by atoms with Crippen LogP contribution in [0, 0.1) is 0 Å². The SMILES string of the molecule is CCCCCCCCS(C)(Cl)Cl. The number of hydrogen-bond acceptors (Lipinski definition) is 0. The number of rotatable bonds is 7. The van der Waals surface area contributed by atoms with E-state index in [1.54, 1.807) is 0 Å². The molecule has 0 bridgehead atoms. The first kappa shape index (κ1) is 12.9. The molecule has 0 aromatic carbocycles. The molecule has 0 aromatic rings. The van der Waals surface area contributed by atoms with Gasteiger partial charge >= 0.3 is 0 Å². The van der Waals surface area contributed by atoms with Crippen molar-refractivity contribution in [3.8, 4) is 0 Å². The average molecular weight is 231 g/mol. The molecule has 0 saturated carbocycles. The molecule has 12 heavy (non-hydrogen) atoms. The summed E-state index contributed by atoms with van der Waals surface area (Å²) < 4.78 is 0. The number of unbranched alkanes of at least 4 members (excludes halogenated alkanes) is 5. The van der Waals surface area contributed by atoms with E-state index in [1.807, 2.05) is 6.26 Å². The zero-order valence-electron chi connectivity index (χ0n) is 8.11. The van der Waals surface area contributed by atoms with E-state index >= 15 is 0 Å². The molecular formula is C9H20Cl2S. The van der Waals surface area contributed by atoms with Gasteiger partial charge in [0.25, 0.3) is 0 Å². The minimum atomic E-state index is -1.27. The lowest BCUT2D eigenvalue weighted by atomic mass is 10.1. The molecule has 0 nitrogen and oxygen atoms in total. The second-order valence-corrected chi connectivity index (χ2v) is 10.1. The smallest absolute Gasteiger partial charge is 0.00275 e. The molecule has 0 atom stereocenters. The molecule has 3 heteroatoms. The maximum atomic E-state index is 5.92. The van der Waals surface area contributed by atoms with Gasteiger partial charge in [0, 0.05) is 5.75 Å². The van der Waals surface area contributed by atoms with Crippen LogP contribution in [-0.2, 0) is 0 Å². The van der Waals surface area contributed by atoms with Crippen LogP contribution in [0.2, 0.25) is 0 Å². The number of hydrogen-bond donors (Lipinski definition) is 0. The third-order valence-electron chi connectivity index (χ3n) is 1.86. The van der Waals surface area contributed by atoms with E-state index < -0.39 is 8.46 Å². The van der Waals surface area contributed by atoms with E-state index in [-0.39, 0.29) is 0 Å². The Bertz CT molecular complexity index is 99.2. The van der Waals surface area contributed by atoms with Gasteiger partial charge in [0.1, 0.15) is 0 Å². The van der Waals surface area contributed by atoms with Crippen LogP contribution in [0.25, 0.3) is 0 Å². The second-order valence-electron chi connectivity index (χ2n) is 3.35. The largest absolute Gasteiger partial charge is 0.0873 e. The molecule has 0 aromatic heterocycles. The molecule has 0 aliphatic rings. The van der Waals surface area contributed by atoms with Crippen LogP contribution in [0.4, 0.5) is 0 Å². The molecule has 0 spiro atoms. The topological polar surface area (TPSA) is 0 Å². The van der Waals surface area contributed by atoms with Crippen LogP contribution < -0.4 is 0 Å². The lowest BCUT2D eigenvalue weighted by molar-refractivity contribution is 0.627. The van der Waals surface area contributed by atoms with Gasteiger partial charge in [-0.2, -0.15) is 0 Å². The molecule has 0 aliphatic carbocycles. The third-order valence-corrected chi connectivity index (χ3v) is 3.79. The van der Waals surface area contributed by atoms with Gasteiger partial charge in [0.2, 0.25) is 0 Å². The van der Waals surface area contributed by atoms with Gasteiger partial charge in [-0.1, -0.05) is 68.8 Å². The Morgan fingerprint density at radius 1 is 0.917 bits per heavy atom. The van der Waals surface area contributed by atoms with Crippen molar-refractivity contribution in [3.05, 3.63) is 0 Å². The predicted octanol–water partition coefficient (Wildman–Crippen LogP) is 5.09. The Labute approximate surface area is 87.3 Å². The monoisotopic (exact) mass is 230 g/mol. The van der Waals surface area contributed by atoms with Crippen molar-refractivity contribution in [1.29, 1.82) is 0 Å². The van der Waals surface area contributed by atoms with E-state index in [9.17, 15) is 0 Å². The van der Waals surface area contributed by atoms with Gasteiger partial charge < -0.3 is 0 Å². The van der Waals surface area contributed by atoms with Crippen molar-refractivity contribution in [2.75, 3.05) is 12.0 Å². The highest BCUT2D eigenvalue weighted by Crippen LogP contribution is 2.55. The highest BCUT2D eigenvalue weighted by Gasteiger charge is 2.08. The molecule has 0 heterocycles. The lowest BCUT2D eigenvalue weighted by Gasteiger charge is -2.17. The van der Waals surface area contributed by atoms with Crippen molar-refractivity contribution in [3.63, 3.8) is 0 Å². The maximum absolute atomic E-state index is 5.92. The Balaban J connectivity index is 3.01. The van der Waals surface area contributed by atoms with Crippen LogP contribution in [0.3, 0.4) is 0 Å². The van der Waals surface area contributed by atoms with Crippen LogP contribution >= 0.6 is 29.8 Å². The van der Waals surface area contributed by atoms with Crippen molar-refractivity contribution in [1.82, 2.24) is 0 Å². The van der Waals surface area contributed by atoms with Crippen LogP contribution in [-0.4, -0.2) is 12.0 Å². The van der Waals surface area contributed by atoms with Gasteiger partial charge in [0.05, 0.1) is 0 Å². The van der Waals surface area contributed by atoms with E-state index in [0.29, 0.717) is 0 Å². The highest BCUT2D eigenvalue weighted by molar-refractivity contribution is 8.65. The summed E-state index contributed by atoms with van der Waals surface area (Å²) in [5.41, 5.74) is 0. The minimum Gasteiger partial charge on any atom is -0.0873 e. The van der Waals surface area contributed by atoms with Crippen molar-refractivity contribution in [2.45, 2.75) is 45.4 Å². The first-order chi connectivity index (χ1) is 5.56. The normalized spacial score (nSPS) is 13.3. The molecule has 0 N–H and O–H groups in total. The lowest BCUT2D eigenvalue weighted by Crippen LogP contribution is -1.88. The zero-order valence-corrected chi connectivity index (χ0v) is 10.4. The van der Waals surface area contributed by atoms with Crippen molar-refractivity contribution in [2.24, 2.45) is 0 Å². The summed E-state index contributed by atoms with van der Waals surface area (Å²) in [6.45, 7) is 2.23. The molecule has 0 unspecified atom stereocenters. The van der Waals surface area contributed by atoms with Gasteiger partial charge in [-0.3, -0.25) is 0 Å². The van der Waals surface area contributed by atoms with E-state index in [4.69, 9.17) is 21.4 Å². The van der Waals surface area contributed by atoms with Gasteiger partial charge in [-0.05, 0) is 12.7 Å². The minimum absolute atomic E-state index is 1.00. The standard InChI is InChI=1S/C9H20Cl2S/c1-3-4-5-6-7-8-9-12(2,10)11/h3-9H2,1-2H3. The molecule has 0 radical (unpaired) electrons. The molecule has 76 valence electrons. The van der Waals surface area contributed by atoms with Crippen molar-refractivity contribution < 1.29 is 0 Å². The Hall–Kier alpha value is 0.930. The molecule has 0 saturated heterocycles. The van der Waals surface area contributed by atoms with E-state index in [0.717, 1.165) is 5.75 Å². The van der Waals surface area contributed by atoms with Gasteiger partial charge in [0.15, 0.2) is 0 Å². The summed E-state index contributed by atoms with van der Waals surface area (Å²) in [6, 6.07) is 0. The summed E-state index contributed by atoms with van der Waals surface area (Å²) in [5.74, 6) is 1.00. The summed E-state index contributed by atoms with van der Waals surface area (Å²) in [5, 5.41) is 0. The molecule has 0 fully saturated rings. The fraction of sp³-hybridized carbons (Fsp3) is 1.00. The quantitative estimate of drug-likeness (QED) is 0.535. The second kappa shape index (κ2) is 7.34. The van der Waals surface area contributed by atoms with Crippen LogP contribution in [0.1, 0.15) is 45.4 Å². The van der Waals surface area contributed by atoms with Gasteiger partial charge in [-0.25, -0.2) is 0 Å². The van der Waals surface area contributed by atoms with Crippen LogP contribution in [0.15, 0.2) is 0 Å². The summed E-state index contributed by atoms with van der Waals surface area (Å²) >= 11 is 0. The van der Waals surface area contributed by atoms with E-state index in [1.165, 1.54) is 38.5 Å². The Morgan fingerprint density at radius 3 is 1.92 bits per heavy atom. The third kappa shape index (κ3) is 10.9. The maximum Gasteiger partial charge on any atom is 0.00275 e. The molecule has 0 rings (SSSR count). The number of halogens is 2. The fourth-order valence-electron chi connectivity index (χ4n) is 1.14. The fourth-order valence-corrected chi connectivity index (χ4v) is 2.50. The summed E-state index contributed by atoms with van der Waals surface area (Å²) in [4.78, 5) is 0.